The van der Waals surface area contributed by atoms with Gasteiger partial charge in [-0.3, -0.25) is 4.79 Å². The predicted molar refractivity (Wildman–Crippen MR) is 133 cm³/mol. The summed E-state index contributed by atoms with van der Waals surface area (Å²) in [5, 5.41) is 11.6. The number of allylic oxidation sites excluding steroid dienone is 2. The van der Waals surface area contributed by atoms with Crippen LogP contribution >= 0.6 is 0 Å². The fourth-order valence-corrected chi connectivity index (χ4v) is 10.1. The minimum Gasteiger partial charge on any atom is -0.390 e. The van der Waals surface area contributed by atoms with Crippen LogP contribution in [-0.2, 0) is 4.79 Å². The van der Waals surface area contributed by atoms with Gasteiger partial charge < -0.3 is 5.11 Å². The summed E-state index contributed by atoms with van der Waals surface area (Å²) in [6.45, 7) is 18.7. The van der Waals surface area contributed by atoms with E-state index in [0.29, 0.717) is 40.3 Å². The lowest BCUT2D eigenvalue weighted by Gasteiger charge is -2.69. The van der Waals surface area contributed by atoms with Gasteiger partial charge in [0.25, 0.3) is 0 Å². The first-order valence-electron chi connectivity index (χ1n) is 13.6. The standard InChI is InChI=1S/C30H50O2/c1-20(2)10-9-16-30(8,32)22-13-18-28(6)21(22)11-12-24-27(5)17-15-25(31)26(3,4)23(27)14-19-29(24,28)7/h10,21-24,32H,9,11-19H2,1-8H3/t21-,22-,23+,24-,27-,28-,29-,30+/m1/s1. The molecule has 0 heterocycles. The van der Waals surface area contributed by atoms with Crippen LogP contribution in [0.15, 0.2) is 11.6 Å². The van der Waals surface area contributed by atoms with E-state index in [-0.39, 0.29) is 10.8 Å². The van der Waals surface area contributed by atoms with Gasteiger partial charge in [0.2, 0.25) is 0 Å². The molecule has 182 valence electrons. The first-order valence-corrected chi connectivity index (χ1v) is 13.6. The maximum absolute atomic E-state index is 12.8. The minimum atomic E-state index is -0.572. The van der Waals surface area contributed by atoms with Crippen molar-refractivity contribution in [2.45, 2.75) is 125 Å². The molecule has 32 heavy (non-hydrogen) atoms. The number of carbonyl (C=O) groups is 1. The Labute approximate surface area is 198 Å². The third kappa shape index (κ3) is 3.32. The number of rotatable bonds is 4. The van der Waals surface area contributed by atoms with Gasteiger partial charge in [0, 0.05) is 11.8 Å². The van der Waals surface area contributed by atoms with Crippen LogP contribution in [0, 0.1) is 45.3 Å². The Morgan fingerprint density at radius 2 is 1.62 bits per heavy atom. The second-order valence-corrected chi connectivity index (χ2v) is 14.1. The van der Waals surface area contributed by atoms with Crippen molar-refractivity contribution in [2.75, 3.05) is 0 Å². The fraction of sp³-hybridized carbons (Fsp3) is 0.900. The number of hydrogen-bond donors (Lipinski definition) is 1. The van der Waals surface area contributed by atoms with Crippen LogP contribution in [0.3, 0.4) is 0 Å². The molecule has 4 aliphatic carbocycles. The Kier molecular flexibility index (Phi) is 5.89. The molecule has 0 aromatic carbocycles. The average Bonchev–Trinajstić information content (AvgIpc) is 3.04. The first kappa shape index (κ1) is 24.5. The third-order valence-corrected chi connectivity index (χ3v) is 12.1. The van der Waals surface area contributed by atoms with E-state index in [4.69, 9.17) is 0 Å². The molecular formula is C30H50O2. The molecule has 4 rings (SSSR count). The molecule has 0 aromatic rings. The smallest absolute Gasteiger partial charge is 0.138 e. The highest BCUT2D eigenvalue weighted by Crippen LogP contribution is 2.75. The minimum absolute atomic E-state index is 0.168. The number of ketones is 1. The zero-order chi connectivity index (χ0) is 23.7. The van der Waals surface area contributed by atoms with Gasteiger partial charge in [0.15, 0.2) is 0 Å². The van der Waals surface area contributed by atoms with Crippen molar-refractivity contribution >= 4 is 5.78 Å². The van der Waals surface area contributed by atoms with E-state index >= 15 is 0 Å². The molecule has 0 aliphatic heterocycles. The quantitative estimate of drug-likeness (QED) is 0.452. The number of hydrogen-bond acceptors (Lipinski definition) is 2. The van der Waals surface area contributed by atoms with Gasteiger partial charge in [-0.1, -0.05) is 46.3 Å². The summed E-state index contributed by atoms with van der Waals surface area (Å²) in [4.78, 5) is 12.8. The molecule has 0 radical (unpaired) electrons. The molecule has 0 saturated heterocycles. The summed E-state index contributed by atoms with van der Waals surface area (Å²) in [5.74, 6) is 2.78. The predicted octanol–water partition coefficient (Wildman–Crippen LogP) is 7.74. The van der Waals surface area contributed by atoms with Crippen molar-refractivity contribution < 1.29 is 9.90 Å². The van der Waals surface area contributed by atoms with E-state index in [9.17, 15) is 9.90 Å². The molecule has 2 heteroatoms. The monoisotopic (exact) mass is 442 g/mol. The van der Waals surface area contributed by atoms with Gasteiger partial charge in [-0.05, 0) is 118 Å². The summed E-state index contributed by atoms with van der Waals surface area (Å²) < 4.78 is 0. The lowest BCUT2D eigenvalue weighted by Crippen LogP contribution is -2.63. The highest BCUT2D eigenvalue weighted by Gasteiger charge is 2.69. The largest absolute Gasteiger partial charge is 0.390 e. The van der Waals surface area contributed by atoms with E-state index in [2.05, 4.69) is 61.5 Å². The summed E-state index contributed by atoms with van der Waals surface area (Å²) >= 11 is 0. The fourth-order valence-electron chi connectivity index (χ4n) is 10.1. The number of fused-ring (bicyclic) bond motifs is 5. The van der Waals surface area contributed by atoms with Crippen molar-refractivity contribution in [3.63, 3.8) is 0 Å². The molecule has 8 atom stereocenters. The Hall–Kier alpha value is -0.630. The van der Waals surface area contributed by atoms with Gasteiger partial charge >= 0.3 is 0 Å². The molecule has 0 unspecified atom stereocenters. The molecule has 0 amide bonds. The Balaban J connectivity index is 1.62. The molecule has 4 fully saturated rings. The van der Waals surface area contributed by atoms with Crippen molar-refractivity contribution in [2.24, 2.45) is 45.3 Å². The van der Waals surface area contributed by atoms with Crippen LogP contribution in [-0.4, -0.2) is 16.5 Å². The normalized spacial score (nSPS) is 47.1. The number of aliphatic hydroxyl groups is 1. The number of Topliss-reactive ketones (excluding diaryl/α,β-unsaturated/α-hetero) is 1. The van der Waals surface area contributed by atoms with Crippen molar-refractivity contribution in [1.29, 1.82) is 0 Å². The van der Waals surface area contributed by atoms with E-state index in [1.807, 2.05) is 0 Å². The average molecular weight is 443 g/mol. The molecule has 4 saturated carbocycles. The summed E-state index contributed by atoms with van der Waals surface area (Å²) in [5.41, 5.74) is 1.52. The molecule has 0 aromatic heterocycles. The Morgan fingerprint density at radius 3 is 2.28 bits per heavy atom. The van der Waals surface area contributed by atoms with Gasteiger partial charge in [0.05, 0.1) is 5.60 Å². The SMILES string of the molecule is CC(C)=CCC[C@](C)(O)[C@@H]1CC[C@]2(C)[C@@H]1CC[C@@H]1[C@]3(C)CCC(=O)C(C)(C)[C@@H]3CC[C@]12C. The van der Waals surface area contributed by atoms with Crippen molar-refractivity contribution in [3.8, 4) is 0 Å². The van der Waals surface area contributed by atoms with Gasteiger partial charge in [0.1, 0.15) is 5.78 Å². The Morgan fingerprint density at radius 1 is 0.969 bits per heavy atom. The van der Waals surface area contributed by atoms with Gasteiger partial charge in [-0.15, -0.1) is 0 Å². The zero-order valence-electron chi connectivity index (χ0n) is 22.3. The van der Waals surface area contributed by atoms with Crippen molar-refractivity contribution in [3.05, 3.63) is 11.6 Å². The molecule has 0 bridgehead atoms. The maximum Gasteiger partial charge on any atom is 0.138 e. The van der Waals surface area contributed by atoms with Gasteiger partial charge in [-0.25, -0.2) is 0 Å². The van der Waals surface area contributed by atoms with E-state index < -0.39 is 5.60 Å². The maximum atomic E-state index is 12.8. The molecule has 0 spiro atoms. The lowest BCUT2D eigenvalue weighted by atomic mass is 9.35. The summed E-state index contributed by atoms with van der Waals surface area (Å²) in [6.07, 6.45) is 13.5. The highest BCUT2D eigenvalue weighted by atomic mass is 16.3. The van der Waals surface area contributed by atoms with E-state index in [0.717, 1.165) is 25.7 Å². The topological polar surface area (TPSA) is 37.3 Å². The third-order valence-electron chi connectivity index (χ3n) is 12.1. The molecule has 4 aliphatic rings. The van der Waals surface area contributed by atoms with Crippen LogP contribution in [0.5, 0.6) is 0 Å². The lowest BCUT2D eigenvalue weighted by molar-refractivity contribution is -0.207. The van der Waals surface area contributed by atoms with E-state index in [1.54, 1.807) is 0 Å². The van der Waals surface area contributed by atoms with Crippen LogP contribution in [0.25, 0.3) is 0 Å². The number of carbonyl (C=O) groups excluding carboxylic acids is 1. The Bertz CT molecular complexity index is 787. The first-order chi connectivity index (χ1) is 14.7. The summed E-state index contributed by atoms with van der Waals surface area (Å²) in [6, 6.07) is 0. The van der Waals surface area contributed by atoms with Crippen LogP contribution in [0.2, 0.25) is 0 Å². The van der Waals surface area contributed by atoms with Crippen LogP contribution in [0.1, 0.15) is 120 Å². The van der Waals surface area contributed by atoms with Crippen LogP contribution in [0.4, 0.5) is 0 Å². The highest BCUT2D eigenvalue weighted by molar-refractivity contribution is 5.85. The van der Waals surface area contributed by atoms with Crippen LogP contribution < -0.4 is 0 Å². The molecule has 1 N–H and O–H groups in total. The summed E-state index contributed by atoms with van der Waals surface area (Å²) in [7, 11) is 0. The van der Waals surface area contributed by atoms with Crippen molar-refractivity contribution in [1.82, 2.24) is 0 Å². The second-order valence-electron chi connectivity index (χ2n) is 14.1. The zero-order valence-corrected chi connectivity index (χ0v) is 22.3. The molecular weight excluding hydrogens is 392 g/mol. The second kappa shape index (κ2) is 7.69. The van der Waals surface area contributed by atoms with Gasteiger partial charge in [-0.2, -0.15) is 0 Å². The molecule has 2 nitrogen and oxygen atoms in total. The van der Waals surface area contributed by atoms with E-state index in [1.165, 1.54) is 44.1 Å².